The number of anilines is 1. The van der Waals surface area contributed by atoms with Crippen molar-refractivity contribution in [3.05, 3.63) is 29.8 Å². The SMILES string of the molecule is CC1(NCC(C)(C)c2ccc(N)cc2)CCOCC1. The fourth-order valence-corrected chi connectivity index (χ4v) is 2.47. The average Bonchev–Trinajstić information content (AvgIpc) is 2.38. The minimum atomic E-state index is 0.106. The van der Waals surface area contributed by atoms with Crippen molar-refractivity contribution in [3.63, 3.8) is 0 Å². The van der Waals surface area contributed by atoms with Crippen molar-refractivity contribution in [1.29, 1.82) is 0 Å². The van der Waals surface area contributed by atoms with Crippen molar-refractivity contribution in [2.24, 2.45) is 0 Å². The highest BCUT2D eigenvalue weighted by atomic mass is 16.5. The first-order chi connectivity index (χ1) is 8.91. The van der Waals surface area contributed by atoms with Gasteiger partial charge in [0.05, 0.1) is 0 Å². The first kappa shape index (κ1) is 14.4. The smallest absolute Gasteiger partial charge is 0.0483 e. The Hall–Kier alpha value is -1.06. The molecule has 0 spiro atoms. The number of benzene rings is 1. The van der Waals surface area contributed by atoms with Gasteiger partial charge < -0.3 is 15.8 Å². The van der Waals surface area contributed by atoms with E-state index in [1.54, 1.807) is 0 Å². The van der Waals surface area contributed by atoms with Gasteiger partial charge in [0.15, 0.2) is 0 Å². The number of rotatable bonds is 4. The number of nitrogens with two attached hydrogens (primary N) is 1. The van der Waals surface area contributed by atoms with Gasteiger partial charge in [0.1, 0.15) is 0 Å². The van der Waals surface area contributed by atoms with Gasteiger partial charge in [-0.15, -0.1) is 0 Å². The van der Waals surface area contributed by atoms with E-state index in [4.69, 9.17) is 10.5 Å². The summed E-state index contributed by atoms with van der Waals surface area (Å²) in [6.07, 6.45) is 2.18. The highest BCUT2D eigenvalue weighted by Crippen LogP contribution is 2.26. The zero-order valence-electron chi connectivity index (χ0n) is 12.3. The molecule has 0 saturated carbocycles. The first-order valence-corrected chi connectivity index (χ1v) is 7.10. The molecule has 1 aromatic rings. The van der Waals surface area contributed by atoms with Crippen LogP contribution in [0, 0.1) is 0 Å². The molecule has 1 aliphatic heterocycles. The summed E-state index contributed by atoms with van der Waals surface area (Å²) in [5.74, 6) is 0. The zero-order valence-corrected chi connectivity index (χ0v) is 12.3. The van der Waals surface area contributed by atoms with E-state index in [1.807, 2.05) is 12.1 Å². The first-order valence-electron chi connectivity index (χ1n) is 7.10. The molecule has 0 radical (unpaired) electrons. The van der Waals surface area contributed by atoms with Gasteiger partial charge in [0.25, 0.3) is 0 Å². The molecule has 0 aliphatic carbocycles. The van der Waals surface area contributed by atoms with E-state index in [1.165, 1.54) is 5.56 Å². The van der Waals surface area contributed by atoms with Gasteiger partial charge in [-0.3, -0.25) is 0 Å². The molecule has 3 nitrogen and oxygen atoms in total. The molecule has 1 aromatic carbocycles. The molecule has 3 N–H and O–H groups in total. The molecule has 1 saturated heterocycles. The molecule has 1 aliphatic rings. The Morgan fingerprint density at radius 3 is 2.37 bits per heavy atom. The Balaban J connectivity index is 1.98. The summed E-state index contributed by atoms with van der Waals surface area (Å²) in [7, 11) is 0. The van der Waals surface area contributed by atoms with E-state index >= 15 is 0 Å². The molecule has 0 unspecified atom stereocenters. The predicted octanol–water partition coefficient (Wildman–Crippen LogP) is 2.71. The van der Waals surface area contributed by atoms with Crippen LogP contribution in [-0.4, -0.2) is 25.3 Å². The second-order valence-electron chi connectivity index (χ2n) is 6.53. The number of nitrogen functional groups attached to an aromatic ring is 1. The monoisotopic (exact) mass is 262 g/mol. The molecule has 3 heteroatoms. The van der Waals surface area contributed by atoms with Crippen molar-refractivity contribution in [2.75, 3.05) is 25.5 Å². The molecular formula is C16H26N2O. The third kappa shape index (κ3) is 3.71. The molecule has 106 valence electrons. The minimum absolute atomic E-state index is 0.106. The number of hydrogen-bond donors (Lipinski definition) is 2. The Morgan fingerprint density at radius 2 is 1.79 bits per heavy atom. The molecule has 1 heterocycles. The Labute approximate surface area is 116 Å². The lowest BCUT2D eigenvalue weighted by molar-refractivity contribution is 0.0434. The Bertz CT molecular complexity index is 405. The highest BCUT2D eigenvalue weighted by Gasteiger charge is 2.30. The number of nitrogens with one attached hydrogen (secondary N) is 1. The molecule has 0 atom stereocenters. The van der Waals surface area contributed by atoms with Crippen molar-refractivity contribution in [1.82, 2.24) is 5.32 Å². The molecular weight excluding hydrogens is 236 g/mol. The lowest BCUT2D eigenvalue weighted by Crippen LogP contribution is -2.50. The summed E-state index contributed by atoms with van der Waals surface area (Å²) in [4.78, 5) is 0. The van der Waals surface area contributed by atoms with Gasteiger partial charge in [0.2, 0.25) is 0 Å². The molecule has 2 rings (SSSR count). The second kappa shape index (κ2) is 5.51. The molecule has 1 fully saturated rings. The van der Waals surface area contributed by atoms with E-state index in [0.717, 1.165) is 38.3 Å². The Morgan fingerprint density at radius 1 is 1.21 bits per heavy atom. The maximum Gasteiger partial charge on any atom is 0.0483 e. The standard InChI is InChI=1S/C16H26N2O/c1-15(2,13-4-6-14(17)7-5-13)12-18-16(3)8-10-19-11-9-16/h4-7,18H,8-12,17H2,1-3H3. The third-order valence-corrected chi connectivity index (χ3v) is 4.25. The maximum absolute atomic E-state index is 5.75. The second-order valence-corrected chi connectivity index (χ2v) is 6.53. The van der Waals surface area contributed by atoms with Gasteiger partial charge in [-0.1, -0.05) is 26.0 Å². The highest BCUT2D eigenvalue weighted by molar-refractivity contribution is 5.41. The van der Waals surface area contributed by atoms with Crippen molar-refractivity contribution >= 4 is 5.69 Å². The van der Waals surface area contributed by atoms with E-state index in [2.05, 4.69) is 38.2 Å². The molecule has 0 bridgehead atoms. The Kier molecular flexibility index (Phi) is 4.16. The lowest BCUT2D eigenvalue weighted by Gasteiger charge is -2.38. The van der Waals surface area contributed by atoms with Crippen molar-refractivity contribution < 1.29 is 4.74 Å². The minimum Gasteiger partial charge on any atom is -0.399 e. The van der Waals surface area contributed by atoms with Gasteiger partial charge in [-0.25, -0.2) is 0 Å². The third-order valence-electron chi connectivity index (χ3n) is 4.25. The molecule has 19 heavy (non-hydrogen) atoms. The summed E-state index contributed by atoms with van der Waals surface area (Å²) in [5, 5.41) is 3.74. The van der Waals surface area contributed by atoms with Crippen LogP contribution >= 0.6 is 0 Å². The van der Waals surface area contributed by atoms with Gasteiger partial charge in [0, 0.05) is 36.4 Å². The lowest BCUT2D eigenvalue weighted by atomic mass is 9.82. The average molecular weight is 262 g/mol. The van der Waals surface area contributed by atoms with Crippen LogP contribution < -0.4 is 11.1 Å². The van der Waals surface area contributed by atoms with Crippen molar-refractivity contribution in [3.8, 4) is 0 Å². The fourth-order valence-electron chi connectivity index (χ4n) is 2.47. The quantitative estimate of drug-likeness (QED) is 0.820. The predicted molar refractivity (Wildman–Crippen MR) is 80.3 cm³/mol. The topological polar surface area (TPSA) is 47.3 Å². The summed E-state index contributed by atoms with van der Waals surface area (Å²) in [6.45, 7) is 9.54. The summed E-state index contributed by atoms with van der Waals surface area (Å²) in [5.41, 5.74) is 8.22. The van der Waals surface area contributed by atoms with Crippen LogP contribution in [0.2, 0.25) is 0 Å². The maximum atomic E-state index is 5.75. The van der Waals surface area contributed by atoms with E-state index < -0.39 is 0 Å². The molecule has 0 amide bonds. The van der Waals surface area contributed by atoms with Gasteiger partial charge in [-0.2, -0.15) is 0 Å². The molecule has 0 aromatic heterocycles. The zero-order chi connectivity index (χ0) is 13.9. The largest absolute Gasteiger partial charge is 0.399 e. The van der Waals surface area contributed by atoms with E-state index in [0.29, 0.717) is 0 Å². The van der Waals surface area contributed by atoms with Gasteiger partial charge >= 0.3 is 0 Å². The van der Waals surface area contributed by atoms with E-state index in [9.17, 15) is 0 Å². The number of hydrogen-bond acceptors (Lipinski definition) is 3. The van der Waals surface area contributed by atoms with Crippen LogP contribution in [0.4, 0.5) is 5.69 Å². The normalized spacial score (nSPS) is 19.3. The van der Waals surface area contributed by atoms with E-state index in [-0.39, 0.29) is 11.0 Å². The number of ether oxygens (including phenoxy) is 1. The van der Waals surface area contributed by atoms with Crippen LogP contribution in [0.15, 0.2) is 24.3 Å². The van der Waals surface area contributed by atoms with Crippen LogP contribution in [0.1, 0.15) is 39.2 Å². The van der Waals surface area contributed by atoms with Crippen molar-refractivity contribution in [2.45, 2.75) is 44.6 Å². The fraction of sp³-hybridized carbons (Fsp3) is 0.625. The van der Waals surface area contributed by atoms with Gasteiger partial charge in [-0.05, 0) is 37.5 Å². The summed E-state index contributed by atoms with van der Waals surface area (Å²) >= 11 is 0. The van der Waals surface area contributed by atoms with Crippen LogP contribution in [0.25, 0.3) is 0 Å². The summed E-state index contributed by atoms with van der Waals surface area (Å²) < 4.78 is 5.44. The van der Waals surface area contributed by atoms with Crippen LogP contribution in [0.5, 0.6) is 0 Å². The van der Waals surface area contributed by atoms with Crippen LogP contribution in [-0.2, 0) is 10.2 Å². The van der Waals surface area contributed by atoms with Crippen LogP contribution in [0.3, 0.4) is 0 Å². The summed E-state index contributed by atoms with van der Waals surface area (Å²) in [6, 6.07) is 8.22.